The summed E-state index contributed by atoms with van der Waals surface area (Å²) in [5.74, 6) is -0.515. The lowest BCUT2D eigenvalue weighted by Crippen LogP contribution is -2.44. The summed E-state index contributed by atoms with van der Waals surface area (Å²) in [4.78, 5) is 28.1. The first-order valence-electron chi connectivity index (χ1n) is 8.04. The lowest BCUT2D eigenvalue weighted by atomic mass is 9.91. The van der Waals surface area contributed by atoms with E-state index in [1.165, 1.54) is 0 Å². The highest BCUT2D eigenvalue weighted by Gasteiger charge is 2.43. The highest BCUT2D eigenvalue weighted by atomic mass is 16.4. The van der Waals surface area contributed by atoms with Gasteiger partial charge in [-0.25, -0.2) is 0 Å². The molecule has 5 heteroatoms. The number of carboxylic acid groups (broad SMARTS) is 1. The van der Waals surface area contributed by atoms with Gasteiger partial charge in [0.05, 0.1) is 11.8 Å². The Hall–Kier alpha value is -1.10. The van der Waals surface area contributed by atoms with Crippen molar-refractivity contribution < 1.29 is 14.7 Å². The normalized spacial score (nSPS) is 30.9. The molecule has 0 bridgehead atoms. The molecule has 1 aliphatic heterocycles. The van der Waals surface area contributed by atoms with Gasteiger partial charge in [0, 0.05) is 19.6 Å². The fourth-order valence-electron chi connectivity index (χ4n) is 3.92. The van der Waals surface area contributed by atoms with Crippen LogP contribution in [0.4, 0.5) is 0 Å². The van der Waals surface area contributed by atoms with Crippen LogP contribution in [0.15, 0.2) is 0 Å². The van der Waals surface area contributed by atoms with Crippen LogP contribution in [-0.2, 0) is 9.59 Å². The van der Waals surface area contributed by atoms with Crippen molar-refractivity contribution in [1.82, 2.24) is 9.80 Å². The molecule has 1 aliphatic carbocycles. The summed E-state index contributed by atoms with van der Waals surface area (Å²) < 4.78 is 0. The van der Waals surface area contributed by atoms with E-state index in [4.69, 9.17) is 0 Å². The van der Waals surface area contributed by atoms with Crippen LogP contribution in [0.5, 0.6) is 0 Å². The van der Waals surface area contributed by atoms with E-state index in [2.05, 4.69) is 19.0 Å². The molecular weight excluding hydrogens is 268 g/mol. The van der Waals surface area contributed by atoms with Gasteiger partial charge in [-0.1, -0.05) is 6.92 Å². The second-order valence-corrected chi connectivity index (χ2v) is 7.16. The first kappa shape index (κ1) is 16.3. The molecule has 0 aromatic carbocycles. The topological polar surface area (TPSA) is 60.9 Å². The lowest BCUT2D eigenvalue weighted by molar-refractivity contribution is -0.149. The van der Waals surface area contributed by atoms with Crippen LogP contribution in [-0.4, -0.2) is 60.5 Å². The standard InChI is InChI=1S/C16H28N2O3/c1-11-8-13(14(9-11)16(20)21)15(19)18-6-4-12(5-7-18)10-17(2)3/h11-14H,4-10H2,1-3H3,(H,20,21). The summed E-state index contributed by atoms with van der Waals surface area (Å²) in [6, 6.07) is 0. The van der Waals surface area contributed by atoms with E-state index in [1.807, 2.05) is 11.8 Å². The smallest absolute Gasteiger partial charge is 0.307 e. The van der Waals surface area contributed by atoms with Gasteiger partial charge in [0.15, 0.2) is 0 Å². The van der Waals surface area contributed by atoms with Crippen LogP contribution >= 0.6 is 0 Å². The average Bonchev–Trinajstić information content (AvgIpc) is 2.80. The second-order valence-electron chi connectivity index (χ2n) is 7.16. The third-order valence-corrected chi connectivity index (χ3v) is 4.98. The fourth-order valence-corrected chi connectivity index (χ4v) is 3.92. The Bertz CT molecular complexity index is 389. The number of amides is 1. The van der Waals surface area contributed by atoms with Crippen LogP contribution in [0, 0.1) is 23.7 Å². The van der Waals surface area contributed by atoms with Crippen LogP contribution < -0.4 is 0 Å². The van der Waals surface area contributed by atoms with E-state index in [9.17, 15) is 14.7 Å². The van der Waals surface area contributed by atoms with Crippen LogP contribution in [0.3, 0.4) is 0 Å². The molecule has 1 saturated carbocycles. The molecule has 2 fully saturated rings. The molecule has 3 unspecified atom stereocenters. The predicted molar refractivity (Wildman–Crippen MR) is 80.9 cm³/mol. The number of likely N-dealkylation sites (tertiary alicyclic amines) is 1. The minimum atomic E-state index is -0.805. The summed E-state index contributed by atoms with van der Waals surface area (Å²) in [7, 11) is 4.16. The van der Waals surface area contributed by atoms with Crippen molar-refractivity contribution in [2.75, 3.05) is 33.7 Å². The molecule has 3 atom stereocenters. The zero-order chi connectivity index (χ0) is 15.6. The summed E-state index contributed by atoms with van der Waals surface area (Å²) in [6.45, 7) is 4.69. The molecule has 2 aliphatic rings. The molecule has 1 heterocycles. The Kier molecular flexibility index (Phi) is 5.25. The van der Waals surface area contributed by atoms with Gasteiger partial charge in [-0.2, -0.15) is 0 Å². The van der Waals surface area contributed by atoms with Gasteiger partial charge in [0.2, 0.25) is 5.91 Å². The van der Waals surface area contributed by atoms with Crippen LogP contribution in [0.25, 0.3) is 0 Å². The molecule has 0 aromatic heterocycles. The number of carbonyl (C=O) groups is 2. The fraction of sp³-hybridized carbons (Fsp3) is 0.875. The van der Waals surface area contributed by atoms with E-state index >= 15 is 0 Å². The van der Waals surface area contributed by atoms with Crippen molar-refractivity contribution >= 4 is 11.9 Å². The van der Waals surface area contributed by atoms with Gasteiger partial charge in [-0.15, -0.1) is 0 Å². The first-order valence-corrected chi connectivity index (χ1v) is 8.04. The third-order valence-electron chi connectivity index (χ3n) is 4.98. The number of nitrogens with zero attached hydrogens (tertiary/aromatic N) is 2. The maximum absolute atomic E-state index is 12.6. The van der Waals surface area contributed by atoms with Gasteiger partial charge in [0.1, 0.15) is 0 Å². The Morgan fingerprint density at radius 1 is 1.14 bits per heavy atom. The predicted octanol–water partition coefficient (Wildman–Crippen LogP) is 1.53. The van der Waals surface area contributed by atoms with Gasteiger partial charge >= 0.3 is 5.97 Å². The number of rotatable bonds is 4. The van der Waals surface area contributed by atoms with Crippen molar-refractivity contribution in [3.8, 4) is 0 Å². The van der Waals surface area contributed by atoms with Crippen LogP contribution in [0.1, 0.15) is 32.6 Å². The van der Waals surface area contributed by atoms with Crippen molar-refractivity contribution in [3.63, 3.8) is 0 Å². The molecule has 2 rings (SSSR count). The Balaban J connectivity index is 1.91. The number of hydrogen-bond donors (Lipinski definition) is 1. The highest BCUT2D eigenvalue weighted by Crippen LogP contribution is 2.38. The quantitative estimate of drug-likeness (QED) is 0.855. The highest BCUT2D eigenvalue weighted by molar-refractivity contribution is 5.85. The molecular formula is C16H28N2O3. The molecule has 0 spiro atoms. The maximum atomic E-state index is 12.6. The van der Waals surface area contributed by atoms with E-state index < -0.39 is 11.9 Å². The molecule has 120 valence electrons. The largest absolute Gasteiger partial charge is 0.481 e. The lowest BCUT2D eigenvalue weighted by Gasteiger charge is -2.35. The van der Waals surface area contributed by atoms with E-state index in [1.54, 1.807) is 0 Å². The Morgan fingerprint density at radius 3 is 2.24 bits per heavy atom. The van der Waals surface area contributed by atoms with E-state index in [0.29, 0.717) is 18.3 Å². The summed E-state index contributed by atoms with van der Waals surface area (Å²) in [6.07, 6.45) is 3.43. The second kappa shape index (κ2) is 6.77. The van der Waals surface area contributed by atoms with Gasteiger partial charge < -0.3 is 14.9 Å². The van der Waals surface area contributed by atoms with E-state index in [-0.39, 0.29) is 11.8 Å². The number of piperidine rings is 1. The Morgan fingerprint density at radius 2 is 1.71 bits per heavy atom. The summed E-state index contributed by atoms with van der Waals surface area (Å²) >= 11 is 0. The zero-order valence-corrected chi connectivity index (χ0v) is 13.4. The zero-order valence-electron chi connectivity index (χ0n) is 13.4. The monoisotopic (exact) mass is 296 g/mol. The number of aliphatic carboxylic acids is 1. The van der Waals surface area contributed by atoms with Gasteiger partial charge in [-0.05, 0) is 51.6 Å². The Labute approximate surface area is 127 Å². The first-order chi connectivity index (χ1) is 9.88. The van der Waals surface area contributed by atoms with Gasteiger partial charge in [0.25, 0.3) is 0 Å². The minimum absolute atomic E-state index is 0.0788. The molecule has 1 saturated heterocycles. The van der Waals surface area contributed by atoms with E-state index in [0.717, 1.165) is 38.9 Å². The molecule has 5 nitrogen and oxygen atoms in total. The van der Waals surface area contributed by atoms with Crippen molar-refractivity contribution in [2.24, 2.45) is 23.7 Å². The molecule has 21 heavy (non-hydrogen) atoms. The molecule has 1 N–H and O–H groups in total. The number of carbonyl (C=O) groups excluding carboxylic acids is 1. The van der Waals surface area contributed by atoms with Crippen molar-refractivity contribution in [3.05, 3.63) is 0 Å². The number of carboxylic acids is 1. The SMILES string of the molecule is CC1CC(C(=O)O)C(C(=O)N2CCC(CN(C)C)CC2)C1. The molecule has 0 radical (unpaired) electrons. The minimum Gasteiger partial charge on any atom is -0.481 e. The average molecular weight is 296 g/mol. The number of hydrogen-bond acceptors (Lipinski definition) is 3. The molecule has 1 amide bonds. The van der Waals surface area contributed by atoms with Gasteiger partial charge in [-0.3, -0.25) is 9.59 Å². The summed E-state index contributed by atoms with van der Waals surface area (Å²) in [5.41, 5.74) is 0. The summed E-state index contributed by atoms with van der Waals surface area (Å²) in [5, 5.41) is 9.31. The van der Waals surface area contributed by atoms with Crippen molar-refractivity contribution in [1.29, 1.82) is 0 Å². The molecule has 0 aromatic rings. The van der Waals surface area contributed by atoms with Crippen LogP contribution in [0.2, 0.25) is 0 Å². The van der Waals surface area contributed by atoms with Crippen molar-refractivity contribution in [2.45, 2.75) is 32.6 Å². The third kappa shape index (κ3) is 3.96. The maximum Gasteiger partial charge on any atom is 0.307 e.